The predicted octanol–water partition coefficient (Wildman–Crippen LogP) is 3.57. The second-order valence-corrected chi connectivity index (χ2v) is 9.04. The fourth-order valence-electron chi connectivity index (χ4n) is 3.31. The third-order valence-electron chi connectivity index (χ3n) is 5.01. The number of hydrogen-bond acceptors (Lipinski definition) is 5. The highest BCUT2D eigenvalue weighted by molar-refractivity contribution is 7.93. The Morgan fingerprint density at radius 2 is 1.50 bits per heavy atom. The van der Waals surface area contributed by atoms with Crippen LogP contribution in [-0.2, 0) is 25.5 Å². The molecule has 0 aliphatic carbocycles. The van der Waals surface area contributed by atoms with Crippen LogP contribution in [0.1, 0.15) is 18.4 Å². The summed E-state index contributed by atoms with van der Waals surface area (Å²) in [4.78, 5) is 12.4. The molecule has 3 rings (SSSR count). The molecule has 1 aliphatic heterocycles. The highest BCUT2D eigenvalue weighted by Crippen LogP contribution is 2.36. The number of alkyl halides is 3. The van der Waals surface area contributed by atoms with Crippen molar-refractivity contribution in [1.82, 2.24) is 5.32 Å². The van der Waals surface area contributed by atoms with Gasteiger partial charge in [0.1, 0.15) is 11.5 Å². The molecule has 0 spiro atoms. The Labute approximate surface area is 171 Å². The molecule has 162 valence electrons. The van der Waals surface area contributed by atoms with Crippen molar-refractivity contribution >= 4 is 15.7 Å². The molecule has 1 amide bonds. The van der Waals surface area contributed by atoms with Crippen LogP contribution in [0.4, 0.5) is 13.2 Å². The van der Waals surface area contributed by atoms with Crippen LogP contribution in [0.3, 0.4) is 0 Å². The number of hydrogen-bond donors (Lipinski definition) is 1. The number of amides is 1. The highest BCUT2D eigenvalue weighted by Gasteiger charge is 2.51. The monoisotopic (exact) mass is 443 g/mol. The summed E-state index contributed by atoms with van der Waals surface area (Å²) in [5, 5.41) is 2.43. The van der Waals surface area contributed by atoms with Gasteiger partial charge in [-0.2, -0.15) is 13.2 Å². The minimum atomic E-state index is -4.45. The average Bonchev–Trinajstić information content (AvgIpc) is 2.73. The molecule has 2 aromatic carbocycles. The van der Waals surface area contributed by atoms with Gasteiger partial charge >= 0.3 is 6.18 Å². The normalized spacial score (nSPS) is 16.7. The molecule has 30 heavy (non-hydrogen) atoms. The summed E-state index contributed by atoms with van der Waals surface area (Å²) >= 11 is 0. The van der Waals surface area contributed by atoms with Crippen LogP contribution in [0.2, 0.25) is 0 Å². The van der Waals surface area contributed by atoms with Crippen molar-refractivity contribution in [2.45, 2.75) is 28.7 Å². The molecule has 1 fully saturated rings. The van der Waals surface area contributed by atoms with Crippen LogP contribution >= 0.6 is 0 Å². The van der Waals surface area contributed by atoms with Gasteiger partial charge in [-0.05, 0) is 61.4 Å². The summed E-state index contributed by atoms with van der Waals surface area (Å²) in [6.45, 7) is 0.309. The smallest absolute Gasteiger partial charge is 0.416 e. The number of carbonyl (C=O) groups excluding carboxylic acids is 1. The van der Waals surface area contributed by atoms with Gasteiger partial charge in [0.25, 0.3) is 0 Å². The second-order valence-electron chi connectivity index (χ2n) is 6.78. The second kappa shape index (κ2) is 8.27. The lowest BCUT2D eigenvalue weighted by atomic mass is 9.98. The molecular weight excluding hydrogens is 423 g/mol. The number of ether oxygens (including phenoxy) is 2. The van der Waals surface area contributed by atoms with E-state index in [-0.39, 0.29) is 42.4 Å². The Kier molecular flexibility index (Phi) is 6.09. The number of sulfone groups is 1. The lowest BCUT2D eigenvalue weighted by Gasteiger charge is -2.34. The molecule has 1 saturated heterocycles. The van der Waals surface area contributed by atoms with Crippen LogP contribution in [0, 0.1) is 0 Å². The van der Waals surface area contributed by atoms with Crippen LogP contribution in [0.5, 0.6) is 11.5 Å². The first kappa shape index (κ1) is 22.1. The van der Waals surface area contributed by atoms with E-state index in [1.54, 1.807) is 0 Å². The molecule has 1 heterocycles. The third-order valence-corrected chi connectivity index (χ3v) is 7.52. The molecule has 0 bridgehead atoms. The SMILES string of the molecule is CNC(=O)C1(S(=O)(=O)c2ccc(Oc3ccc(C(F)(F)F)cc3)cc2)CCOCC1. The van der Waals surface area contributed by atoms with E-state index >= 15 is 0 Å². The maximum absolute atomic E-state index is 13.2. The molecule has 1 aliphatic rings. The Morgan fingerprint density at radius 1 is 1.00 bits per heavy atom. The summed E-state index contributed by atoms with van der Waals surface area (Å²) in [6.07, 6.45) is -4.36. The number of rotatable bonds is 5. The van der Waals surface area contributed by atoms with Crippen molar-refractivity contribution in [3.05, 3.63) is 54.1 Å². The maximum Gasteiger partial charge on any atom is 0.416 e. The van der Waals surface area contributed by atoms with E-state index in [1.165, 1.54) is 43.4 Å². The number of benzene rings is 2. The van der Waals surface area contributed by atoms with E-state index in [0.29, 0.717) is 0 Å². The topological polar surface area (TPSA) is 81.7 Å². The van der Waals surface area contributed by atoms with Gasteiger partial charge in [-0.3, -0.25) is 4.79 Å². The maximum atomic E-state index is 13.2. The molecule has 0 atom stereocenters. The van der Waals surface area contributed by atoms with Gasteiger partial charge in [-0.25, -0.2) is 8.42 Å². The van der Waals surface area contributed by atoms with Crippen molar-refractivity contribution in [1.29, 1.82) is 0 Å². The molecule has 0 aromatic heterocycles. The van der Waals surface area contributed by atoms with E-state index in [1.807, 2.05) is 0 Å². The Hall–Kier alpha value is -2.59. The Balaban J connectivity index is 1.83. The van der Waals surface area contributed by atoms with Gasteiger partial charge in [-0.15, -0.1) is 0 Å². The minimum absolute atomic E-state index is 0.0405. The zero-order chi connectivity index (χ0) is 22.0. The van der Waals surface area contributed by atoms with Gasteiger partial charge in [-0.1, -0.05) is 0 Å². The molecule has 0 saturated carbocycles. The largest absolute Gasteiger partial charge is 0.457 e. The molecule has 2 aromatic rings. The molecular formula is C20H20F3NO5S. The first-order valence-corrected chi connectivity index (χ1v) is 10.6. The van der Waals surface area contributed by atoms with Crippen molar-refractivity contribution in [3.63, 3.8) is 0 Å². The van der Waals surface area contributed by atoms with Gasteiger partial charge < -0.3 is 14.8 Å². The number of halogens is 3. The summed E-state index contributed by atoms with van der Waals surface area (Å²) in [5.74, 6) is -0.171. The lowest BCUT2D eigenvalue weighted by molar-refractivity contribution is -0.137. The first-order valence-electron chi connectivity index (χ1n) is 9.10. The van der Waals surface area contributed by atoms with Crippen molar-refractivity contribution in [2.24, 2.45) is 0 Å². The van der Waals surface area contributed by atoms with Crippen molar-refractivity contribution < 1.29 is 35.9 Å². The van der Waals surface area contributed by atoms with Gasteiger partial charge in [0.2, 0.25) is 5.91 Å². The van der Waals surface area contributed by atoms with Crippen LogP contribution in [0.15, 0.2) is 53.4 Å². The van der Waals surface area contributed by atoms with E-state index in [2.05, 4.69) is 5.32 Å². The Bertz CT molecular complexity index is 996. The lowest BCUT2D eigenvalue weighted by Crippen LogP contribution is -2.54. The van der Waals surface area contributed by atoms with Crippen molar-refractivity contribution in [2.75, 3.05) is 20.3 Å². The van der Waals surface area contributed by atoms with Gasteiger partial charge in [0, 0.05) is 20.3 Å². The van der Waals surface area contributed by atoms with Crippen molar-refractivity contribution in [3.8, 4) is 11.5 Å². The molecule has 0 unspecified atom stereocenters. The van der Waals surface area contributed by atoms with Gasteiger partial charge in [0.05, 0.1) is 10.5 Å². The Morgan fingerprint density at radius 3 is 1.97 bits per heavy atom. The molecule has 1 N–H and O–H groups in total. The summed E-state index contributed by atoms with van der Waals surface area (Å²) in [6, 6.07) is 9.55. The third kappa shape index (κ3) is 4.15. The predicted molar refractivity (Wildman–Crippen MR) is 102 cm³/mol. The van der Waals surface area contributed by atoms with Crippen LogP contribution < -0.4 is 10.1 Å². The van der Waals surface area contributed by atoms with Crippen LogP contribution in [-0.4, -0.2) is 39.3 Å². The number of carbonyl (C=O) groups is 1. The first-order chi connectivity index (χ1) is 14.1. The van der Waals surface area contributed by atoms with E-state index < -0.39 is 32.2 Å². The summed E-state index contributed by atoms with van der Waals surface area (Å²) in [7, 11) is -2.63. The minimum Gasteiger partial charge on any atom is -0.457 e. The summed E-state index contributed by atoms with van der Waals surface area (Å²) in [5.41, 5.74) is -0.799. The van der Waals surface area contributed by atoms with Gasteiger partial charge in [0.15, 0.2) is 14.6 Å². The fraction of sp³-hybridized carbons (Fsp3) is 0.350. The standard InChI is InChI=1S/C20H20F3NO5S/c1-24-18(25)19(10-12-28-13-11-19)30(26,27)17-8-6-16(7-9-17)29-15-4-2-14(3-5-15)20(21,22)23/h2-9H,10-13H2,1H3,(H,24,25). The quantitative estimate of drug-likeness (QED) is 0.764. The molecule has 0 radical (unpaired) electrons. The molecule has 10 heteroatoms. The van der Waals surface area contributed by atoms with E-state index in [4.69, 9.17) is 9.47 Å². The average molecular weight is 443 g/mol. The number of nitrogens with one attached hydrogen (secondary N) is 1. The molecule has 6 nitrogen and oxygen atoms in total. The summed E-state index contributed by atoms with van der Waals surface area (Å²) < 4.78 is 73.5. The fourth-order valence-corrected chi connectivity index (χ4v) is 5.30. The highest BCUT2D eigenvalue weighted by atomic mass is 32.2. The van der Waals surface area contributed by atoms with E-state index in [9.17, 15) is 26.4 Å². The zero-order valence-electron chi connectivity index (χ0n) is 16.0. The van der Waals surface area contributed by atoms with E-state index in [0.717, 1.165) is 12.1 Å². The van der Waals surface area contributed by atoms with Crippen LogP contribution in [0.25, 0.3) is 0 Å². The zero-order valence-corrected chi connectivity index (χ0v) is 16.8.